The molecule has 172 valence electrons. The number of esters is 1. The van der Waals surface area contributed by atoms with E-state index in [1.165, 1.54) is 19.2 Å². The molecule has 1 N–H and O–H groups in total. The van der Waals surface area contributed by atoms with Crippen LogP contribution in [0.25, 0.3) is 5.69 Å². The highest BCUT2D eigenvalue weighted by Gasteiger charge is 2.41. The van der Waals surface area contributed by atoms with Crippen molar-refractivity contribution < 1.29 is 13.9 Å². The molecule has 1 fully saturated rings. The van der Waals surface area contributed by atoms with Crippen molar-refractivity contribution in [1.82, 2.24) is 19.8 Å². The highest BCUT2D eigenvalue weighted by atomic mass is 32.1. The maximum absolute atomic E-state index is 13.5. The van der Waals surface area contributed by atoms with Crippen LogP contribution in [0.3, 0.4) is 0 Å². The van der Waals surface area contributed by atoms with E-state index >= 15 is 0 Å². The van der Waals surface area contributed by atoms with Crippen LogP contribution >= 0.6 is 12.2 Å². The molecule has 8 heteroatoms. The van der Waals surface area contributed by atoms with E-state index in [1.54, 1.807) is 18.3 Å². The Morgan fingerprint density at radius 1 is 1.21 bits per heavy atom. The van der Waals surface area contributed by atoms with E-state index in [1.807, 2.05) is 25.1 Å². The molecule has 4 rings (SSSR count). The average Bonchev–Trinajstić information content (AvgIpc) is 3.30. The molecule has 0 amide bonds. The number of nitrogens with zero attached hydrogens (tertiary/aromatic N) is 3. The van der Waals surface area contributed by atoms with Gasteiger partial charge in [0.25, 0.3) is 0 Å². The zero-order valence-corrected chi connectivity index (χ0v) is 19.7. The third-order valence-corrected chi connectivity index (χ3v) is 6.43. The van der Waals surface area contributed by atoms with Crippen LogP contribution < -0.4 is 5.32 Å². The number of ether oxygens (including phenoxy) is 1. The van der Waals surface area contributed by atoms with E-state index in [2.05, 4.69) is 32.8 Å². The van der Waals surface area contributed by atoms with E-state index in [9.17, 15) is 9.18 Å². The second kappa shape index (κ2) is 9.70. The summed E-state index contributed by atoms with van der Waals surface area (Å²) in [7, 11) is 1.40. The van der Waals surface area contributed by atoms with Gasteiger partial charge in [0.2, 0.25) is 0 Å². The van der Waals surface area contributed by atoms with Crippen molar-refractivity contribution >= 4 is 23.3 Å². The lowest BCUT2D eigenvalue weighted by atomic mass is 9.96. The minimum atomic E-state index is -0.265. The Morgan fingerprint density at radius 3 is 2.64 bits per heavy atom. The Kier molecular flexibility index (Phi) is 6.74. The quantitative estimate of drug-likeness (QED) is 0.407. The first-order valence-electron chi connectivity index (χ1n) is 10.9. The highest BCUT2D eigenvalue weighted by molar-refractivity contribution is 7.80. The molecule has 0 radical (unpaired) electrons. The standard InChI is InChI=1S/C25H27FN4O2S/c1-16-15-20(17(2)30(16)19-11-9-18(26)10-12-19)24-23(21-7-4-5-13-27-21)28-25(33)29(24)14-6-8-22(31)32-3/h4-5,7,9-13,15,23-24H,6,8,14H2,1-3H3,(H,28,33)/t23-,24-/m1/s1. The largest absolute Gasteiger partial charge is 0.469 e. The number of hydrogen-bond donors (Lipinski definition) is 1. The fraction of sp³-hybridized carbons (Fsp3) is 0.320. The molecule has 0 spiro atoms. The Labute approximate surface area is 198 Å². The lowest BCUT2D eigenvalue weighted by molar-refractivity contribution is -0.140. The van der Waals surface area contributed by atoms with Gasteiger partial charge < -0.3 is 19.5 Å². The number of carbonyl (C=O) groups is 1. The monoisotopic (exact) mass is 466 g/mol. The molecule has 1 saturated heterocycles. The van der Waals surface area contributed by atoms with Crippen molar-refractivity contribution in [3.8, 4) is 5.69 Å². The van der Waals surface area contributed by atoms with Crippen LogP contribution in [0.2, 0.25) is 0 Å². The van der Waals surface area contributed by atoms with Gasteiger partial charge in [0, 0.05) is 36.2 Å². The number of benzene rings is 1. The predicted octanol–water partition coefficient (Wildman–Crippen LogP) is 4.55. The molecule has 1 aliphatic rings. The van der Waals surface area contributed by atoms with Crippen LogP contribution in [-0.4, -0.2) is 39.2 Å². The summed E-state index contributed by atoms with van der Waals surface area (Å²) in [5.41, 5.74) is 5.00. The summed E-state index contributed by atoms with van der Waals surface area (Å²) in [6, 6.07) is 14.2. The van der Waals surface area contributed by atoms with Crippen LogP contribution in [0, 0.1) is 19.7 Å². The molecule has 0 aliphatic carbocycles. The van der Waals surface area contributed by atoms with Crippen molar-refractivity contribution in [2.24, 2.45) is 0 Å². The molecular formula is C25H27FN4O2S. The number of nitrogens with one attached hydrogen (secondary N) is 1. The van der Waals surface area contributed by atoms with E-state index in [4.69, 9.17) is 17.0 Å². The van der Waals surface area contributed by atoms with Crippen molar-refractivity contribution in [2.45, 2.75) is 38.8 Å². The second-order valence-corrected chi connectivity index (χ2v) is 8.52. The van der Waals surface area contributed by atoms with Crippen LogP contribution in [0.4, 0.5) is 4.39 Å². The molecular weight excluding hydrogens is 439 g/mol. The molecule has 3 heterocycles. The van der Waals surface area contributed by atoms with Crippen molar-refractivity contribution in [2.75, 3.05) is 13.7 Å². The third-order valence-electron chi connectivity index (χ3n) is 6.08. The third kappa shape index (κ3) is 4.61. The first-order chi connectivity index (χ1) is 15.9. The first-order valence-corrected chi connectivity index (χ1v) is 11.3. The van der Waals surface area contributed by atoms with Gasteiger partial charge in [-0.15, -0.1) is 0 Å². The molecule has 0 unspecified atom stereocenters. The number of pyridine rings is 1. The zero-order valence-electron chi connectivity index (χ0n) is 18.9. The van der Waals surface area contributed by atoms with Gasteiger partial charge in [0.15, 0.2) is 5.11 Å². The Morgan fingerprint density at radius 2 is 1.97 bits per heavy atom. The van der Waals surface area contributed by atoms with Gasteiger partial charge in [-0.3, -0.25) is 9.78 Å². The minimum absolute atomic E-state index is 0.106. The summed E-state index contributed by atoms with van der Waals surface area (Å²) in [6.07, 6.45) is 2.72. The Bertz CT molecular complexity index is 1150. The van der Waals surface area contributed by atoms with Gasteiger partial charge in [0.1, 0.15) is 5.82 Å². The van der Waals surface area contributed by atoms with Crippen molar-refractivity contribution in [3.05, 3.63) is 83.2 Å². The summed E-state index contributed by atoms with van der Waals surface area (Å²) >= 11 is 5.72. The summed E-state index contributed by atoms with van der Waals surface area (Å²) in [4.78, 5) is 18.4. The molecule has 1 aliphatic heterocycles. The van der Waals surface area contributed by atoms with Crippen LogP contribution in [0.15, 0.2) is 54.7 Å². The van der Waals surface area contributed by atoms with E-state index in [0.717, 1.165) is 28.3 Å². The number of carbonyl (C=O) groups excluding carboxylic acids is 1. The normalized spacial score (nSPS) is 17.8. The van der Waals surface area contributed by atoms with Crippen molar-refractivity contribution in [3.63, 3.8) is 0 Å². The maximum atomic E-state index is 13.5. The number of methoxy groups -OCH3 is 1. The number of rotatable bonds is 7. The summed E-state index contributed by atoms with van der Waals surface area (Å²) in [6.45, 7) is 4.71. The van der Waals surface area contributed by atoms with Crippen LogP contribution in [0.5, 0.6) is 0 Å². The van der Waals surface area contributed by atoms with Gasteiger partial charge in [-0.05, 0) is 80.5 Å². The summed E-state index contributed by atoms with van der Waals surface area (Å²) in [5.74, 6) is -0.501. The molecule has 33 heavy (non-hydrogen) atoms. The van der Waals surface area contributed by atoms with E-state index in [0.29, 0.717) is 24.5 Å². The lowest BCUT2D eigenvalue weighted by Crippen LogP contribution is -2.31. The molecule has 0 bridgehead atoms. The SMILES string of the molecule is COC(=O)CCCN1C(=S)N[C@H](c2ccccn2)[C@H]1c1cc(C)n(-c2ccc(F)cc2)c1C. The molecule has 6 nitrogen and oxygen atoms in total. The number of aromatic nitrogens is 2. The number of thiocarbonyl (C=S) groups is 1. The Hall–Kier alpha value is -3.26. The number of halogens is 1. The summed E-state index contributed by atoms with van der Waals surface area (Å²) in [5, 5.41) is 4.08. The van der Waals surface area contributed by atoms with E-state index < -0.39 is 0 Å². The molecule has 2 atom stereocenters. The molecule has 0 saturated carbocycles. The molecule has 1 aromatic carbocycles. The fourth-order valence-corrected chi connectivity index (χ4v) is 4.89. The van der Waals surface area contributed by atoms with E-state index in [-0.39, 0.29) is 23.9 Å². The topological polar surface area (TPSA) is 59.4 Å². The van der Waals surface area contributed by atoms with Crippen LogP contribution in [-0.2, 0) is 9.53 Å². The predicted molar refractivity (Wildman–Crippen MR) is 129 cm³/mol. The van der Waals surface area contributed by atoms with Gasteiger partial charge in [0.05, 0.1) is 24.9 Å². The smallest absolute Gasteiger partial charge is 0.305 e. The zero-order chi connectivity index (χ0) is 23.5. The maximum Gasteiger partial charge on any atom is 0.305 e. The van der Waals surface area contributed by atoms with Gasteiger partial charge in [-0.25, -0.2) is 4.39 Å². The van der Waals surface area contributed by atoms with Gasteiger partial charge >= 0.3 is 5.97 Å². The summed E-state index contributed by atoms with van der Waals surface area (Å²) < 4.78 is 20.4. The lowest BCUT2D eigenvalue weighted by Gasteiger charge is -2.28. The fourth-order valence-electron chi connectivity index (χ4n) is 4.56. The number of aryl methyl sites for hydroxylation is 1. The highest BCUT2D eigenvalue weighted by Crippen LogP contribution is 2.41. The second-order valence-electron chi connectivity index (χ2n) is 8.14. The molecule has 2 aromatic heterocycles. The number of hydrogen-bond acceptors (Lipinski definition) is 4. The molecule has 3 aromatic rings. The average molecular weight is 467 g/mol. The van der Waals surface area contributed by atoms with Gasteiger partial charge in [-0.2, -0.15) is 0 Å². The minimum Gasteiger partial charge on any atom is -0.469 e. The van der Waals surface area contributed by atoms with Crippen LogP contribution in [0.1, 0.15) is 47.6 Å². The van der Waals surface area contributed by atoms with Gasteiger partial charge in [-0.1, -0.05) is 6.07 Å². The van der Waals surface area contributed by atoms with Crippen molar-refractivity contribution in [1.29, 1.82) is 0 Å². The first kappa shape index (κ1) is 22.9. The Balaban J connectivity index is 1.74.